The first-order valence-corrected chi connectivity index (χ1v) is 23.8. The summed E-state index contributed by atoms with van der Waals surface area (Å²) in [6.45, 7) is 11.1. The van der Waals surface area contributed by atoms with Gasteiger partial charge in [-0.3, -0.25) is 43.2 Å². The molecule has 20 nitrogen and oxygen atoms in total. The van der Waals surface area contributed by atoms with Gasteiger partial charge in [-0.2, -0.15) is 0 Å². The van der Waals surface area contributed by atoms with Gasteiger partial charge in [-0.15, -0.1) is 0 Å². The molecule has 6 rings (SSSR count). The maximum absolute atomic E-state index is 13.9. The van der Waals surface area contributed by atoms with Crippen molar-refractivity contribution in [1.82, 2.24) is 0 Å². The molecule has 0 radical (unpaired) electrons. The van der Waals surface area contributed by atoms with Gasteiger partial charge < -0.3 is 52.1 Å². The van der Waals surface area contributed by atoms with Gasteiger partial charge in [0.1, 0.15) is 43.4 Å². The number of carbonyl (C=O) groups excluding carboxylic acids is 9. The Balaban J connectivity index is 1.24. The van der Waals surface area contributed by atoms with Gasteiger partial charge >= 0.3 is 47.8 Å². The van der Waals surface area contributed by atoms with E-state index in [1.807, 2.05) is 0 Å². The molecule has 1 unspecified atom stereocenters. The van der Waals surface area contributed by atoms with E-state index in [1.54, 1.807) is 0 Å². The summed E-state index contributed by atoms with van der Waals surface area (Å²) < 4.78 is 64.1. The Morgan fingerprint density at radius 2 is 1.04 bits per heavy atom. The Morgan fingerprint density at radius 3 is 1.62 bits per heavy atom. The van der Waals surface area contributed by atoms with Crippen molar-refractivity contribution in [3.8, 4) is 0 Å². The molecule has 4 aliphatic carbocycles. The molecule has 17 atom stereocenters. The largest absolute Gasteiger partial charge is 0.463 e. The molecule has 380 valence electrons. The van der Waals surface area contributed by atoms with Gasteiger partial charge in [0.25, 0.3) is 0 Å². The Labute approximate surface area is 396 Å². The average molecular weight is 965 g/mol. The minimum atomic E-state index is -1.82. The van der Waals surface area contributed by atoms with E-state index in [4.69, 9.17) is 52.1 Å². The van der Waals surface area contributed by atoms with E-state index in [9.17, 15) is 43.2 Å². The predicted octanol–water partition coefficient (Wildman–Crippen LogP) is 3.95. The smallest absolute Gasteiger partial charge is 0.306 e. The lowest BCUT2D eigenvalue weighted by Gasteiger charge is -2.60. The molecule has 20 heteroatoms. The molecule has 0 N–H and O–H groups in total. The molecule has 0 aromatic heterocycles. The highest BCUT2D eigenvalue weighted by molar-refractivity contribution is 5.79. The van der Waals surface area contributed by atoms with Crippen molar-refractivity contribution in [3.05, 3.63) is 0 Å². The molecule has 6 aliphatic rings. The third-order valence-corrected chi connectivity index (χ3v) is 15.3. The first-order valence-electron chi connectivity index (χ1n) is 23.8. The lowest BCUT2D eigenvalue weighted by molar-refractivity contribution is -0.345. The number of ketones is 1. The molecule has 2 aliphatic heterocycles. The highest BCUT2D eigenvalue weighted by Crippen LogP contribution is 2.66. The van der Waals surface area contributed by atoms with Crippen LogP contribution in [0.1, 0.15) is 133 Å². The molecule has 0 aromatic rings. The van der Waals surface area contributed by atoms with E-state index in [0.29, 0.717) is 48.7 Å². The predicted molar refractivity (Wildman–Crippen MR) is 229 cm³/mol. The van der Waals surface area contributed by atoms with Gasteiger partial charge in [0.15, 0.2) is 36.8 Å². The van der Waals surface area contributed by atoms with Crippen LogP contribution in [0.3, 0.4) is 0 Å². The van der Waals surface area contributed by atoms with Crippen LogP contribution in [0.5, 0.6) is 0 Å². The summed E-state index contributed by atoms with van der Waals surface area (Å²) in [6, 6.07) is 0. The molecular weight excluding hydrogens is 897 g/mol. The van der Waals surface area contributed by atoms with E-state index in [0.717, 1.165) is 87.0 Å². The summed E-state index contributed by atoms with van der Waals surface area (Å²) in [5.74, 6) is -4.20. The first kappa shape index (κ1) is 52.7. The highest BCUT2D eigenvalue weighted by Gasteiger charge is 2.62. The highest BCUT2D eigenvalue weighted by atomic mass is 16.8. The third-order valence-electron chi connectivity index (χ3n) is 15.3. The number of Topliss-reactive ketones (excluding diaryl/α,β-unsaturated/α-hetero) is 1. The normalized spacial score (nSPS) is 38.5. The van der Waals surface area contributed by atoms with Crippen LogP contribution in [-0.2, 0) is 95.3 Å². The van der Waals surface area contributed by atoms with Crippen molar-refractivity contribution < 1.29 is 95.3 Å². The summed E-state index contributed by atoms with van der Waals surface area (Å²) in [5, 5.41) is 0. The van der Waals surface area contributed by atoms with Crippen LogP contribution in [0.15, 0.2) is 0 Å². The Hall–Kier alpha value is -4.69. The van der Waals surface area contributed by atoms with Crippen LogP contribution < -0.4 is 0 Å². The lowest BCUT2D eigenvalue weighted by Crippen LogP contribution is -2.67. The maximum Gasteiger partial charge on any atom is 0.306 e. The number of rotatable bonds is 15. The Morgan fingerprint density at radius 1 is 0.529 bits per heavy atom. The summed E-state index contributed by atoms with van der Waals surface area (Å²) in [7, 11) is 0. The molecule has 0 amide bonds. The fourth-order valence-corrected chi connectivity index (χ4v) is 12.5. The maximum atomic E-state index is 13.9. The van der Waals surface area contributed by atoms with E-state index in [2.05, 4.69) is 13.8 Å². The number of hydrogen-bond donors (Lipinski definition) is 0. The molecule has 4 saturated carbocycles. The minimum Gasteiger partial charge on any atom is -0.463 e. The number of hydrogen-bond acceptors (Lipinski definition) is 20. The molecule has 0 spiro atoms. The molecule has 68 heavy (non-hydrogen) atoms. The van der Waals surface area contributed by atoms with Crippen LogP contribution >= 0.6 is 0 Å². The van der Waals surface area contributed by atoms with E-state index in [1.165, 1.54) is 0 Å². The second-order valence-corrected chi connectivity index (χ2v) is 19.9. The van der Waals surface area contributed by atoms with E-state index >= 15 is 0 Å². The van der Waals surface area contributed by atoms with Crippen molar-refractivity contribution in [2.45, 2.75) is 200 Å². The lowest BCUT2D eigenvalue weighted by atomic mass is 9.45. The van der Waals surface area contributed by atoms with Crippen LogP contribution in [-0.4, -0.2) is 134 Å². The van der Waals surface area contributed by atoms with E-state index < -0.39 is 122 Å². The van der Waals surface area contributed by atoms with Crippen LogP contribution in [0, 0.1) is 34.5 Å². The SMILES string of the molecule is CC(=O)OC[C@H]1O[C@H](CCC(=O)O[C@H]2CCC3[C@@H]4CC[C@H]5CC(=O)CC[C@]5(C)[C@H]4CC[C@@]32C)[C@H](OC(C)=O)[C@@H](OC(C)=O)[C@@H]1O[C@H]1O[C@H](COC(C)=O)[C@@H](OC(C)=O)[C@H](OC(C)=O)[C@H]1OC(C)=O. The monoisotopic (exact) mass is 964 g/mol. The topological polar surface area (TPSA) is 255 Å². The van der Waals surface area contributed by atoms with Gasteiger partial charge in [0.05, 0.1) is 6.10 Å². The zero-order chi connectivity index (χ0) is 49.8. The van der Waals surface area contributed by atoms with Gasteiger partial charge in [-0.1, -0.05) is 13.8 Å². The first-order chi connectivity index (χ1) is 32.0. The fraction of sp³-hybridized carbons (Fsp3) is 0.812. The second kappa shape index (κ2) is 21.9. The van der Waals surface area contributed by atoms with Crippen molar-refractivity contribution in [1.29, 1.82) is 0 Å². The zero-order valence-electron chi connectivity index (χ0n) is 40.5. The van der Waals surface area contributed by atoms with Crippen molar-refractivity contribution in [2.75, 3.05) is 13.2 Å². The molecular formula is C48H68O20. The Bertz CT molecular complexity index is 1930. The standard InChI is InChI=1S/C48H68O20/c1-23(49)58-21-36-42(68-46-45(64-29(7)55)44(63-28(6)54)41(61-26(4)52)37(66-46)22-59-24(2)50)43(62-27(5)53)40(60-25(3)51)35(65-36)13-15-39(57)67-38-14-12-33-32-11-10-30-20-31(56)16-18-47(30,8)34(32)17-19-48(33,38)9/h30,32-38,40-46H,10-22H2,1-9H3/t30-,32-,33?,34-,35+,36+,37+,38-,40-,41+,42+,43+,44-,45+,46+,47-,48-/m0/s1. The van der Waals surface area contributed by atoms with Gasteiger partial charge in [-0.05, 0) is 80.5 Å². The van der Waals surface area contributed by atoms with Gasteiger partial charge in [-0.25, -0.2) is 0 Å². The van der Waals surface area contributed by atoms with Crippen LogP contribution in [0.4, 0.5) is 0 Å². The third kappa shape index (κ3) is 12.0. The van der Waals surface area contributed by atoms with Gasteiger partial charge in [0.2, 0.25) is 0 Å². The molecule has 2 heterocycles. The minimum absolute atomic E-state index is 0.118. The van der Waals surface area contributed by atoms with Crippen molar-refractivity contribution >= 4 is 53.5 Å². The quantitative estimate of drug-likeness (QED) is 0.166. The van der Waals surface area contributed by atoms with E-state index in [-0.39, 0.29) is 29.8 Å². The second-order valence-electron chi connectivity index (χ2n) is 19.9. The summed E-state index contributed by atoms with van der Waals surface area (Å²) in [4.78, 5) is 114. The summed E-state index contributed by atoms with van der Waals surface area (Å²) >= 11 is 0. The number of carbonyl (C=O) groups is 9. The van der Waals surface area contributed by atoms with Crippen LogP contribution in [0.25, 0.3) is 0 Å². The van der Waals surface area contributed by atoms with Crippen LogP contribution in [0.2, 0.25) is 0 Å². The zero-order valence-corrected chi connectivity index (χ0v) is 40.5. The van der Waals surface area contributed by atoms with Crippen molar-refractivity contribution in [3.63, 3.8) is 0 Å². The average Bonchev–Trinajstić information content (AvgIpc) is 3.57. The molecule has 2 saturated heterocycles. The molecule has 0 bridgehead atoms. The summed E-state index contributed by atoms with van der Waals surface area (Å²) in [5.41, 5.74) is -0.101. The number of esters is 8. The van der Waals surface area contributed by atoms with Crippen molar-refractivity contribution in [2.24, 2.45) is 34.5 Å². The molecule has 0 aromatic carbocycles. The number of ether oxygens (including phenoxy) is 11. The Kier molecular flexibility index (Phi) is 17.0. The fourth-order valence-electron chi connectivity index (χ4n) is 12.5. The molecule has 6 fully saturated rings. The summed E-state index contributed by atoms with van der Waals surface area (Å²) in [6.07, 6.45) is -8.10. The van der Waals surface area contributed by atoms with Gasteiger partial charge in [0, 0.05) is 73.1 Å². The number of fused-ring (bicyclic) bond motifs is 5.